The standard InChI is InChI=1S/C29H41N7O11/c30-17(8-11-24(40)41)25(42)34-19(13-16-5-2-1-3-6-16)27(44)35-20(15-37)26(43)32-14-23(39)33-18(9-10-22(31)38)28(45)36-12-4-7-21(36)29(46)47/h1-3,5-6,17-21,37H,4,7-15,30H2,(H2,31,38)(H,32,43)(H,33,39)(H,34,42)(H,35,44)(H,40,41)(H,46,47)/t17-,18-,19-,20-,21-/m0/s1. The number of benzene rings is 1. The summed E-state index contributed by atoms with van der Waals surface area (Å²) < 4.78 is 0. The molecular weight excluding hydrogens is 622 g/mol. The molecule has 0 radical (unpaired) electrons. The molecule has 1 saturated heterocycles. The highest BCUT2D eigenvalue weighted by Gasteiger charge is 2.38. The molecule has 18 heteroatoms. The summed E-state index contributed by atoms with van der Waals surface area (Å²) in [5.74, 6) is -7.45. The van der Waals surface area contributed by atoms with Crippen LogP contribution >= 0.6 is 0 Å². The minimum absolute atomic E-state index is 0.0489. The fourth-order valence-electron chi connectivity index (χ4n) is 4.78. The van der Waals surface area contributed by atoms with E-state index in [0.717, 1.165) is 4.90 Å². The molecule has 1 aliphatic rings. The third kappa shape index (κ3) is 12.7. The van der Waals surface area contributed by atoms with E-state index in [0.29, 0.717) is 12.0 Å². The first-order valence-corrected chi connectivity index (χ1v) is 14.8. The van der Waals surface area contributed by atoms with E-state index in [-0.39, 0.29) is 45.1 Å². The lowest BCUT2D eigenvalue weighted by Gasteiger charge is -2.27. The molecule has 11 N–H and O–H groups in total. The smallest absolute Gasteiger partial charge is 0.326 e. The monoisotopic (exact) mass is 663 g/mol. The van der Waals surface area contributed by atoms with Crippen LogP contribution in [0.15, 0.2) is 30.3 Å². The molecule has 2 rings (SSSR count). The van der Waals surface area contributed by atoms with Gasteiger partial charge in [0.1, 0.15) is 24.2 Å². The van der Waals surface area contributed by atoms with Crippen molar-refractivity contribution < 1.29 is 53.7 Å². The van der Waals surface area contributed by atoms with Gasteiger partial charge in [0.15, 0.2) is 0 Å². The van der Waals surface area contributed by atoms with E-state index in [9.17, 15) is 48.6 Å². The molecule has 0 spiro atoms. The van der Waals surface area contributed by atoms with Gasteiger partial charge in [0, 0.05) is 25.8 Å². The number of aliphatic hydroxyl groups excluding tert-OH is 1. The van der Waals surface area contributed by atoms with E-state index >= 15 is 0 Å². The quantitative estimate of drug-likeness (QED) is 0.0692. The Bertz CT molecular complexity index is 1310. The van der Waals surface area contributed by atoms with Gasteiger partial charge in [0.25, 0.3) is 0 Å². The predicted molar refractivity (Wildman–Crippen MR) is 162 cm³/mol. The summed E-state index contributed by atoms with van der Waals surface area (Å²) >= 11 is 0. The van der Waals surface area contributed by atoms with Crippen LogP contribution in [0.1, 0.15) is 44.1 Å². The second-order valence-electron chi connectivity index (χ2n) is 10.9. The number of amides is 6. The molecule has 0 saturated carbocycles. The Morgan fingerprint density at radius 3 is 2.11 bits per heavy atom. The molecule has 1 heterocycles. The van der Waals surface area contributed by atoms with Crippen LogP contribution in [0.3, 0.4) is 0 Å². The largest absolute Gasteiger partial charge is 0.481 e. The van der Waals surface area contributed by atoms with Crippen LogP contribution in [-0.4, -0.2) is 118 Å². The van der Waals surface area contributed by atoms with Gasteiger partial charge < -0.3 is 53.0 Å². The van der Waals surface area contributed by atoms with Gasteiger partial charge in [-0.15, -0.1) is 0 Å². The van der Waals surface area contributed by atoms with Crippen LogP contribution in [0.25, 0.3) is 0 Å². The van der Waals surface area contributed by atoms with Crippen LogP contribution in [0, 0.1) is 0 Å². The molecular formula is C29H41N7O11. The van der Waals surface area contributed by atoms with Gasteiger partial charge in [-0.1, -0.05) is 30.3 Å². The number of hydrogen-bond donors (Lipinski definition) is 9. The van der Waals surface area contributed by atoms with E-state index in [1.165, 1.54) is 0 Å². The number of aliphatic hydroxyl groups is 1. The molecule has 5 atom stereocenters. The van der Waals surface area contributed by atoms with Crippen LogP contribution in [0.5, 0.6) is 0 Å². The van der Waals surface area contributed by atoms with Crippen LogP contribution < -0.4 is 32.7 Å². The van der Waals surface area contributed by atoms with E-state index in [1.807, 2.05) is 0 Å². The number of nitrogens with two attached hydrogens (primary N) is 2. The Hall–Kier alpha value is -5.10. The molecule has 0 aliphatic carbocycles. The highest BCUT2D eigenvalue weighted by atomic mass is 16.4. The summed E-state index contributed by atoms with van der Waals surface area (Å²) in [5, 5.41) is 37.4. The third-order valence-corrected chi connectivity index (χ3v) is 7.29. The lowest BCUT2D eigenvalue weighted by atomic mass is 10.0. The molecule has 0 bridgehead atoms. The van der Waals surface area contributed by atoms with Gasteiger partial charge >= 0.3 is 11.9 Å². The van der Waals surface area contributed by atoms with Crippen molar-refractivity contribution in [3.63, 3.8) is 0 Å². The Balaban J connectivity index is 2.05. The summed E-state index contributed by atoms with van der Waals surface area (Å²) in [6.45, 7) is -1.50. The van der Waals surface area contributed by atoms with Crippen LogP contribution in [0.4, 0.5) is 0 Å². The van der Waals surface area contributed by atoms with Crippen molar-refractivity contribution in [3.8, 4) is 0 Å². The van der Waals surface area contributed by atoms with Crippen molar-refractivity contribution in [2.45, 2.75) is 75.2 Å². The summed E-state index contributed by atoms with van der Waals surface area (Å²) in [6.07, 6.45) is -0.499. The first kappa shape index (κ1) is 38.1. The number of primary amides is 1. The highest BCUT2D eigenvalue weighted by molar-refractivity contribution is 5.95. The SMILES string of the molecule is NC(=O)CC[C@H](NC(=O)CNC(=O)[C@H](CO)NC(=O)[C@H](Cc1ccccc1)NC(=O)[C@@H](N)CCC(=O)O)C(=O)N1CCC[C@H]1C(=O)O. The number of rotatable bonds is 19. The van der Waals surface area contributed by atoms with Gasteiger partial charge in [0.2, 0.25) is 35.4 Å². The van der Waals surface area contributed by atoms with Crippen molar-refractivity contribution in [2.75, 3.05) is 19.7 Å². The minimum Gasteiger partial charge on any atom is -0.481 e. The second-order valence-corrected chi connectivity index (χ2v) is 10.9. The Morgan fingerprint density at radius 2 is 1.51 bits per heavy atom. The van der Waals surface area contributed by atoms with Gasteiger partial charge in [-0.3, -0.25) is 33.6 Å². The van der Waals surface area contributed by atoms with Crippen LogP contribution in [0.2, 0.25) is 0 Å². The molecule has 1 aliphatic heterocycles. The average Bonchev–Trinajstić information content (AvgIpc) is 3.53. The average molecular weight is 664 g/mol. The second kappa shape index (κ2) is 18.8. The summed E-state index contributed by atoms with van der Waals surface area (Å²) in [6, 6.07) is 1.95. The van der Waals surface area contributed by atoms with Crippen LogP contribution in [-0.2, 0) is 44.8 Å². The number of aliphatic carboxylic acids is 2. The number of nitrogens with zero attached hydrogens (tertiary/aromatic N) is 1. The Morgan fingerprint density at radius 1 is 0.851 bits per heavy atom. The molecule has 1 aromatic carbocycles. The lowest BCUT2D eigenvalue weighted by Crippen LogP contribution is -2.58. The third-order valence-electron chi connectivity index (χ3n) is 7.29. The normalized spacial score (nSPS) is 16.6. The number of carboxylic acids is 2. The fraction of sp³-hybridized carbons (Fsp3) is 0.517. The maximum absolute atomic E-state index is 13.2. The number of carboxylic acid groups (broad SMARTS) is 2. The van der Waals surface area contributed by atoms with E-state index in [1.54, 1.807) is 30.3 Å². The van der Waals surface area contributed by atoms with Crippen molar-refractivity contribution in [1.82, 2.24) is 26.2 Å². The molecule has 1 aromatic rings. The van der Waals surface area contributed by atoms with Crippen molar-refractivity contribution in [1.29, 1.82) is 0 Å². The number of hydrogen-bond acceptors (Lipinski definition) is 10. The molecule has 6 amide bonds. The first-order valence-electron chi connectivity index (χ1n) is 14.8. The van der Waals surface area contributed by atoms with E-state index in [2.05, 4.69) is 21.3 Å². The number of likely N-dealkylation sites (tertiary alicyclic amines) is 1. The maximum atomic E-state index is 13.2. The zero-order valence-corrected chi connectivity index (χ0v) is 25.6. The zero-order valence-electron chi connectivity index (χ0n) is 25.6. The first-order chi connectivity index (χ1) is 22.2. The van der Waals surface area contributed by atoms with E-state index in [4.69, 9.17) is 16.6 Å². The number of nitrogens with one attached hydrogen (secondary N) is 4. The number of carbonyl (C=O) groups is 8. The van der Waals surface area contributed by atoms with Gasteiger partial charge in [-0.25, -0.2) is 4.79 Å². The maximum Gasteiger partial charge on any atom is 0.326 e. The molecule has 258 valence electrons. The summed E-state index contributed by atoms with van der Waals surface area (Å²) in [5.41, 5.74) is 11.6. The van der Waals surface area contributed by atoms with Crippen molar-refractivity contribution in [2.24, 2.45) is 11.5 Å². The lowest BCUT2D eigenvalue weighted by molar-refractivity contribution is -0.149. The predicted octanol–water partition coefficient (Wildman–Crippen LogP) is -3.67. The molecule has 1 fully saturated rings. The Labute approximate surface area is 269 Å². The Kier molecular flexibility index (Phi) is 15.2. The van der Waals surface area contributed by atoms with E-state index < -0.39 is 90.7 Å². The van der Waals surface area contributed by atoms with Crippen molar-refractivity contribution >= 4 is 47.4 Å². The minimum atomic E-state index is -1.58. The summed E-state index contributed by atoms with van der Waals surface area (Å²) in [7, 11) is 0. The van der Waals surface area contributed by atoms with Gasteiger partial charge in [-0.05, 0) is 31.2 Å². The molecule has 0 unspecified atom stereocenters. The highest BCUT2D eigenvalue weighted by Crippen LogP contribution is 2.19. The van der Waals surface area contributed by atoms with Gasteiger partial charge in [-0.2, -0.15) is 0 Å². The number of carbonyl (C=O) groups excluding carboxylic acids is 6. The molecule has 0 aromatic heterocycles. The molecule has 18 nitrogen and oxygen atoms in total. The zero-order chi connectivity index (χ0) is 35.1. The van der Waals surface area contributed by atoms with Gasteiger partial charge in [0.05, 0.1) is 19.2 Å². The molecule has 47 heavy (non-hydrogen) atoms. The topological polar surface area (TPSA) is 301 Å². The van der Waals surface area contributed by atoms with Crippen molar-refractivity contribution in [3.05, 3.63) is 35.9 Å². The fourth-order valence-corrected chi connectivity index (χ4v) is 4.78. The summed E-state index contributed by atoms with van der Waals surface area (Å²) in [4.78, 5) is 99.2.